The molecule has 2 aromatic carbocycles. The number of rotatable bonds is 5. The van der Waals surface area contributed by atoms with Crippen LogP contribution in [0.5, 0.6) is 0 Å². The molecule has 0 bridgehead atoms. The third kappa shape index (κ3) is 3.58. The fourth-order valence-corrected chi connectivity index (χ4v) is 2.54. The lowest BCUT2D eigenvalue weighted by Gasteiger charge is -2.22. The van der Waals surface area contributed by atoms with E-state index in [1.54, 1.807) is 6.20 Å². The van der Waals surface area contributed by atoms with Crippen LogP contribution in [-0.4, -0.2) is 22.5 Å². The van der Waals surface area contributed by atoms with Crippen molar-refractivity contribution in [2.24, 2.45) is 5.73 Å². The molecule has 3 rings (SSSR count). The highest BCUT2D eigenvalue weighted by Crippen LogP contribution is 2.33. The fraction of sp³-hybridized carbons (Fsp3) is 0.105. The van der Waals surface area contributed by atoms with Crippen LogP contribution in [0.1, 0.15) is 6.92 Å². The van der Waals surface area contributed by atoms with Gasteiger partial charge in [0.15, 0.2) is 5.82 Å². The van der Waals surface area contributed by atoms with Crippen LogP contribution in [0.25, 0.3) is 11.1 Å². The highest BCUT2D eigenvalue weighted by molar-refractivity contribution is 6.01. The molecule has 0 aliphatic carbocycles. The minimum atomic E-state index is -0.607. The Morgan fingerprint density at radius 3 is 2.32 bits per heavy atom. The van der Waals surface area contributed by atoms with E-state index in [1.165, 1.54) is 4.90 Å². The number of hydrogen-bond acceptors (Lipinski definition) is 4. The van der Waals surface area contributed by atoms with Gasteiger partial charge in [0.2, 0.25) is 5.95 Å². The lowest BCUT2D eigenvalue weighted by molar-refractivity contribution is 0.256. The summed E-state index contributed by atoms with van der Waals surface area (Å²) >= 11 is 0. The number of anilines is 3. The van der Waals surface area contributed by atoms with Gasteiger partial charge in [-0.2, -0.15) is 4.98 Å². The topological polar surface area (TPSA) is 84.1 Å². The highest BCUT2D eigenvalue weighted by atomic mass is 16.2. The molecule has 0 spiro atoms. The van der Waals surface area contributed by atoms with E-state index in [4.69, 9.17) is 5.73 Å². The van der Waals surface area contributed by atoms with E-state index in [-0.39, 0.29) is 0 Å². The van der Waals surface area contributed by atoms with Crippen molar-refractivity contribution in [3.05, 3.63) is 66.9 Å². The van der Waals surface area contributed by atoms with Gasteiger partial charge >= 0.3 is 6.03 Å². The number of carbonyl (C=O) groups is 1. The predicted molar refractivity (Wildman–Crippen MR) is 99.8 cm³/mol. The molecular formula is C19H19N5O. The van der Waals surface area contributed by atoms with Crippen molar-refractivity contribution < 1.29 is 4.79 Å². The second kappa shape index (κ2) is 7.44. The van der Waals surface area contributed by atoms with E-state index in [9.17, 15) is 4.79 Å². The number of nitrogens with two attached hydrogens (primary N) is 1. The van der Waals surface area contributed by atoms with E-state index in [2.05, 4.69) is 15.3 Å². The van der Waals surface area contributed by atoms with Gasteiger partial charge in [-0.1, -0.05) is 48.5 Å². The molecule has 3 aromatic rings. The predicted octanol–water partition coefficient (Wildman–Crippen LogP) is 3.79. The molecule has 0 radical (unpaired) electrons. The Labute approximate surface area is 146 Å². The lowest BCUT2D eigenvalue weighted by atomic mass is 10.1. The third-order valence-corrected chi connectivity index (χ3v) is 3.63. The van der Waals surface area contributed by atoms with Crippen molar-refractivity contribution in [1.82, 2.24) is 9.97 Å². The maximum absolute atomic E-state index is 12.2. The van der Waals surface area contributed by atoms with Crippen LogP contribution < -0.4 is 16.0 Å². The molecule has 6 nitrogen and oxygen atoms in total. The van der Waals surface area contributed by atoms with E-state index < -0.39 is 6.03 Å². The first-order valence-corrected chi connectivity index (χ1v) is 8.01. The van der Waals surface area contributed by atoms with Crippen LogP contribution in [0, 0.1) is 0 Å². The maximum atomic E-state index is 12.2. The van der Waals surface area contributed by atoms with Crippen LogP contribution in [-0.2, 0) is 0 Å². The van der Waals surface area contributed by atoms with E-state index in [0.717, 1.165) is 11.1 Å². The molecule has 0 atom stereocenters. The van der Waals surface area contributed by atoms with Gasteiger partial charge in [-0.15, -0.1) is 0 Å². The number of para-hydroxylation sites is 1. The molecule has 3 N–H and O–H groups in total. The quantitative estimate of drug-likeness (QED) is 0.744. The van der Waals surface area contributed by atoms with Gasteiger partial charge in [0.25, 0.3) is 0 Å². The van der Waals surface area contributed by atoms with Crippen LogP contribution in [0.4, 0.5) is 22.2 Å². The van der Waals surface area contributed by atoms with E-state index in [1.807, 2.05) is 67.6 Å². The molecule has 0 aliphatic heterocycles. The molecule has 1 aromatic heterocycles. The SMILES string of the molecule is CCNc1ncc(-c2ccccc2)c(N(C(N)=O)c2ccccc2)n1. The summed E-state index contributed by atoms with van der Waals surface area (Å²) in [7, 11) is 0. The minimum Gasteiger partial charge on any atom is -0.354 e. The number of aromatic nitrogens is 2. The number of amides is 2. The van der Waals surface area contributed by atoms with Gasteiger partial charge in [0.05, 0.1) is 5.69 Å². The smallest absolute Gasteiger partial charge is 0.325 e. The van der Waals surface area contributed by atoms with Crippen molar-refractivity contribution in [1.29, 1.82) is 0 Å². The minimum absolute atomic E-state index is 0.441. The van der Waals surface area contributed by atoms with Gasteiger partial charge in [0.1, 0.15) is 0 Å². The number of nitrogens with one attached hydrogen (secondary N) is 1. The number of hydrogen-bond donors (Lipinski definition) is 2. The van der Waals surface area contributed by atoms with Crippen molar-refractivity contribution in [2.75, 3.05) is 16.8 Å². The summed E-state index contributed by atoms with van der Waals surface area (Å²) in [6, 6.07) is 18.3. The normalized spacial score (nSPS) is 10.3. The Morgan fingerprint density at radius 1 is 1.08 bits per heavy atom. The van der Waals surface area contributed by atoms with E-state index in [0.29, 0.717) is 24.0 Å². The van der Waals surface area contributed by atoms with Crippen molar-refractivity contribution in [3.8, 4) is 11.1 Å². The molecule has 1 heterocycles. The number of nitrogens with zero attached hydrogens (tertiary/aromatic N) is 3. The van der Waals surface area contributed by atoms with Crippen LogP contribution in [0.15, 0.2) is 66.9 Å². The van der Waals surface area contributed by atoms with Gasteiger partial charge in [-0.05, 0) is 24.6 Å². The molecular weight excluding hydrogens is 314 g/mol. The molecule has 126 valence electrons. The molecule has 0 saturated heterocycles. The zero-order chi connectivity index (χ0) is 17.6. The summed E-state index contributed by atoms with van der Waals surface area (Å²) in [6.45, 7) is 2.63. The standard InChI is InChI=1S/C19H19N5O/c1-2-21-19-22-13-16(14-9-5-3-6-10-14)17(23-19)24(18(20)25)15-11-7-4-8-12-15/h3-13H,2H2,1H3,(H2,20,25)(H,21,22,23). The number of carbonyl (C=O) groups excluding carboxylic acids is 1. The summed E-state index contributed by atoms with van der Waals surface area (Å²) in [5.74, 6) is 0.884. The lowest BCUT2D eigenvalue weighted by Crippen LogP contribution is -2.32. The second-order valence-electron chi connectivity index (χ2n) is 5.34. The number of urea groups is 1. The van der Waals surface area contributed by atoms with E-state index >= 15 is 0 Å². The van der Waals surface area contributed by atoms with Gasteiger partial charge < -0.3 is 11.1 Å². The zero-order valence-corrected chi connectivity index (χ0v) is 13.9. The molecule has 0 aliphatic rings. The molecule has 25 heavy (non-hydrogen) atoms. The van der Waals surface area contributed by atoms with Crippen LogP contribution >= 0.6 is 0 Å². The first-order valence-electron chi connectivity index (χ1n) is 8.01. The Kier molecular flexibility index (Phi) is 4.89. The average Bonchev–Trinajstić information content (AvgIpc) is 2.64. The maximum Gasteiger partial charge on any atom is 0.325 e. The summed E-state index contributed by atoms with van der Waals surface area (Å²) in [6.07, 6.45) is 1.70. The second-order valence-corrected chi connectivity index (χ2v) is 5.34. The number of primary amides is 1. The zero-order valence-electron chi connectivity index (χ0n) is 13.9. The van der Waals surface area contributed by atoms with Gasteiger partial charge in [-0.25, -0.2) is 14.7 Å². The van der Waals surface area contributed by atoms with Gasteiger partial charge in [-0.3, -0.25) is 0 Å². The molecule has 0 fully saturated rings. The third-order valence-electron chi connectivity index (χ3n) is 3.63. The Hall–Kier alpha value is -3.41. The Bertz CT molecular complexity index is 852. The summed E-state index contributed by atoms with van der Waals surface area (Å²) < 4.78 is 0. The van der Waals surface area contributed by atoms with Gasteiger partial charge in [0, 0.05) is 18.3 Å². The van der Waals surface area contributed by atoms with Crippen LogP contribution in [0.2, 0.25) is 0 Å². The molecule has 0 saturated carbocycles. The molecule has 0 unspecified atom stereocenters. The Morgan fingerprint density at radius 2 is 1.72 bits per heavy atom. The average molecular weight is 333 g/mol. The molecule has 6 heteroatoms. The first kappa shape index (κ1) is 16.4. The van der Waals surface area contributed by atoms with Crippen molar-refractivity contribution >= 4 is 23.5 Å². The summed E-state index contributed by atoms with van der Waals surface area (Å²) in [5.41, 5.74) is 7.96. The number of benzene rings is 2. The van der Waals surface area contributed by atoms with Crippen molar-refractivity contribution in [2.45, 2.75) is 6.92 Å². The Balaban J connectivity index is 2.19. The molecule has 2 amide bonds. The summed E-state index contributed by atoms with van der Waals surface area (Å²) in [5, 5.41) is 3.07. The largest absolute Gasteiger partial charge is 0.354 e. The summed E-state index contributed by atoms with van der Waals surface area (Å²) in [4.78, 5) is 22.5. The monoisotopic (exact) mass is 333 g/mol. The first-order chi connectivity index (χ1) is 12.2. The van der Waals surface area contributed by atoms with Crippen LogP contribution in [0.3, 0.4) is 0 Å². The highest BCUT2D eigenvalue weighted by Gasteiger charge is 2.22. The van der Waals surface area contributed by atoms with Crippen molar-refractivity contribution in [3.63, 3.8) is 0 Å². The fourth-order valence-electron chi connectivity index (χ4n) is 2.54.